The van der Waals surface area contributed by atoms with Crippen molar-refractivity contribution in [2.24, 2.45) is 17.3 Å². The number of benzene rings is 1. The van der Waals surface area contributed by atoms with Gasteiger partial charge in [-0.1, -0.05) is 26.0 Å². The van der Waals surface area contributed by atoms with Crippen LogP contribution in [0.3, 0.4) is 0 Å². The second-order valence-corrected chi connectivity index (χ2v) is 5.74. The molecule has 5 nitrogen and oxygen atoms in total. The molecular weight excluding hydrogens is 258 g/mol. The Morgan fingerprint density at radius 3 is 2.35 bits per heavy atom. The Labute approximate surface area is 117 Å². The minimum absolute atomic E-state index is 0.0868. The van der Waals surface area contributed by atoms with Gasteiger partial charge >= 0.3 is 5.97 Å². The molecule has 1 fully saturated rings. The molecular formula is C15H17NO4. The number of Topliss-reactive ketones (excluding diaryl/α,β-unsaturated/α-hetero) is 1. The van der Waals surface area contributed by atoms with Gasteiger partial charge in [-0.05, 0) is 24.5 Å². The summed E-state index contributed by atoms with van der Waals surface area (Å²) in [6.45, 7) is 4.98. The van der Waals surface area contributed by atoms with E-state index in [9.17, 15) is 14.4 Å². The quantitative estimate of drug-likeness (QED) is 0.825. The predicted octanol–water partition coefficient (Wildman–Crippen LogP) is 2.18. The van der Waals surface area contributed by atoms with Crippen LogP contribution >= 0.6 is 0 Å². The van der Waals surface area contributed by atoms with E-state index in [2.05, 4.69) is 5.32 Å². The molecule has 0 saturated heterocycles. The maximum atomic E-state index is 12.1. The summed E-state index contributed by atoms with van der Waals surface area (Å²) in [5.41, 5.74) is 0.482. The molecule has 0 spiro atoms. The molecule has 2 N–H and O–H groups in total. The maximum Gasteiger partial charge on any atom is 0.307 e. The van der Waals surface area contributed by atoms with Gasteiger partial charge in [0, 0.05) is 11.3 Å². The number of anilines is 1. The highest BCUT2D eigenvalue weighted by molar-refractivity contribution is 6.01. The summed E-state index contributed by atoms with van der Waals surface area (Å²) in [6, 6.07) is 6.61. The third-order valence-electron chi connectivity index (χ3n) is 3.91. The number of carboxylic acid groups (broad SMARTS) is 1. The van der Waals surface area contributed by atoms with Gasteiger partial charge in [-0.3, -0.25) is 14.4 Å². The Balaban J connectivity index is 2.12. The first-order valence-corrected chi connectivity index (χ1v) is 6.40. The number of rotatable bonds is 4. The molecule has 1 aliphatic rings. The summed E-state index contributed by atoms with van der Waals surface area (Å²) in [6.07, 6.45) is 0. The van der Waals surface area contributed by atoms with Gasteiger partial charge in [0.15, 0.2) is 5.78 Å². The monoisotopic (exact) mass is 275 g/mol. The molecule has 1 aromatic carbocycles. The topological polar surface area (TPSA) is 83.5 Å². The van der Waals surface area contributed by atoms with Crippen LogP contribution in [-0.2, 0) is 9.59 Å². The van der Waals surface area contributed by atoms with Crippen molar-refractivity contribution in [3.8, 4) is 0 Å². The van der Waals surface area contributed by atoms with Crippen LogP contribution in [0.5, 0.6) is 0 Å². The molecule has 0 aromatic heterocycles. The summed E-state index contributed by atoms with van der Waals surface area (Å²) >= 11 is 0. The fraction of sp³-hybridized carbons (Fsp3) is 0.400. The molecule has 2 rings (SSSR count). The van der Waals surface area contributed by atoms with Crippen LogP contribution in [0.15, 0.2) is 24.3 Å². The van der Waals surface area contributed by atoms with E-state index >= 15 is 0 Å². The van der Waals surface area contributed by atoms with Gasteiger partial charge < -0.3 is 10.4 Å². The first kappa shape index (κ1) is 14.2. The van der Waals surface area contributed by atoms with Gasteiger partial charge in [0.05, 0.1) is 11.8 Å². The zero-order valence-electron chi connectivity index (χ0n) is 11.6. The Morgan fingerprint density at radius 2 is 1.85 bits per heavy atom. The zero-order valence-corrected chi connectivity index (χ0v) is 11.6. The van der Waals surface area contributed by atoms with Crippen molar-refractivity contribution >= 4 is 23.3 Å². The molecule has 0 bridgehead atoms. The minimum atomic E-state index is -0.951. The van der Waals surface area contributed by atoms with E-state index in [1.165, 1.54) is 6.92 Å². The minimum Gasteiger partial charge on any atom is -0.481 e. The van der Waals surface area contributed by atoms with Gasteiger partial charge in [0.1, 0.15) is 0 Å². The largest absolute Gasteiger partial charge is 0.481 e. The molecule has 2 unspecified atom stereocenters. The number of amides is 1. The molecule has 0 aliphatic heterocycles. The lowest BCUT2D eigenvalue weighted by Gasteiger charge is -2.07. The van der Waals surface area contributed by atoms with Crippen LogP contribution in [0.1, 0.15) is 31.1 Å². The number of ketones is 1. The molecule has 0 heterocycles. The molecule has 1 saturated carbocycles. The average Bonchev–Trinajstić information content (AvgIpc) is 2.93. The highest BCUT2D eigenvalue weighted by atomic mass is 16.4. The second-order valence-electron chi connectivity index (χ2n) is 5.74. The van der Waals surface area contributed by atoms with Crippen molar-refractivity contribution in [1.82, 2.24) is 0 Å². The molecule has 20 heavy (non-hydrogen) atoms. The number of nitrogens with one attached hydrogen (secondary N) is 1. The summed E-state index contributed by atoms with van der Waals surface area (Å²) in [4.78, 5) is 34.5. The summed E-state index contributed by atoms with van der Waals surface area (Å²) in [7, 11) is 0. The summed E-state index contributed by atoms with van der Waals surface area (Å²) in [5.74, 6) is -2.55. The highest BCUT2D eigenvalue weighted by Crippen LogP contribution is 2.58. The SMILES string of the molecule is CC(=O)c1cccc(NC(=O)C2C(C(=O)O)C2(C)C)c1. The fourth-order valence-corrected chi connectivity index (χ4v) is 2.62. The number of carboxylic acids is 1. The van der Waals surface area contributed by atoms with Crippen LogP contribution in [0.25, 0.3) is 0 Å². The molecule has 1 aliphatic carbocycles. The van der Waals surface area contributed by atoms with Crippen molar-refractivity contribution in [3.63, 3.8) is 0 Å². The van der Waals surface area contributed by atoms with E-state index in [-0.39, 0.29) is 11.7 Å². The van der Waals surface area contributed by atoms with Crippen molar-refractivity contribution in [1.29, 1.82) is 0 Å². The lowest BCUT2D eigenvalue weighted by molar-refractivity contribution is -0.140. The van der Waals surface area contributed by atoms with Crippen molar-refractivity contribution in [2.75, 3.05) is 5.32 Å². The van der Waals surface area contributed by atoms with E-state index in [1.807, 2.05) is 0 Å². The number of hydrogen-bond donors (Lipinski definition) is 2. The van der Waals surface area contributed by atoms with Gasteiger partial charge in [0.2, 0.25) is 5.91 Å². The number of carbonyl (C=O) groups excluding carboxylic acids is 2. The third-order valence-corrected chi connectivity index (χ3v) is 3.91. The van der Waals surface area contributed by atoms with Crippen LogP contribution in [-0.4, -0.2) is 22.8 Å². The third kappa shape index (κ3) is 2.43. The standard InChI is InChI=1S/C15H17NO4/c1-8(17)9-5-4-6-10(7-9)16-13(18)11-12(14(19)20)15(11,2)3/h4-7,11-12H,1-3H3,(H,16,18)(H,19,20). The van der Waals surface area contributed by atoms with E-state index in [0.717, 1.165) is 0 Å². The van der Waals surface area contributed by atoms with Crippen molar-refractivity contribution in [3.05, 3.63) is 29.8 Å². The van der Waals surface area contributed by atoms with E-state index < -0.39 is 23.2 Å². The number of carbonyl (C=O) groups is 3. The summed E-state index contributed by atoms with van der Waals surface area (Å²) in [5, 5.41) is 11.8. The van der Waals surface area contributed by atoms with Crippen LogP contribution in [0.4, 0.5) is 5.69 Å². The second kappa shape index (κ2) is 4.74. The predicted molar refractivity (Wildman–Crippen MR) is 73.5 cm³/mol. The average molecular weight is 275 g/mol. The zero-order chi connectivity index (χ0) is 15.1. The Hall–Kier alpha value is -2.17. The molecule has 0 radical (unpaired) electrons. The number of aliphatic carboxylic acids is 1. The van der Waals surface area contributed by atoms with Gasteiger partial charge in [0.25, 0.3) is 0 Å². The van der Waals surface area contributed by atoms with Crippen LogP contribution in [0.2, 0.25) is 0 Å². The molecule has 5 heteroatoms. The van der Waals surface area contributed by atoms with Gasteiger partial charge in [-0.25, -0.2) is 0 Å². The molecule has 2 atom stereocenters. The molecule has 1 amide bonds. The smallest absolute Gasteiger partial charge is 0.307 e. The lowest BCUT2D eigenvalue weighted by Crippen LogP contribution is -2.17. The molecule has 106 valence electrons. The fourth-order valence-electron chi connectivity index (χ4n) is 2.62. The lowest BCUT2D eigenvalue weighted by atomic mass is 10.1. The Kier molecular flexibility index (Phi) is 3.38. The maximum absolute atomic E-state index is 12.1. The highest BCUT2D eigenvalue weighted by Gasteiger charge is 2.65. The van der Waals surface area contributed by atoms with Crippen LogP contribution in [0, 0.1) is 17.3 Å². The van der Waals surface area contributed by atoms with E-state index in [4.69, 9.17) is 5.11 Å². The summed E-state index contributed by atoms with van der Waals surface area (Å²) < 4.78 is 0. The van der Waals surface area contributed by atoms with E-state index in [0.29, 0.717) is 11.3 Å². The molecule has 1 aromatic rings. The first-order chi connectivity index (χ1) is 9.25. The van der Waals surface area contributed by atoms with Crippen molar-refractivity contribution in [2.45, 2.75) is 20.8 Å². The number of hydrogen-bond acceptors (Lipinski definition) is 3. The normalized spacial score (nSPS) is 22.9. The van der Waals surface area contributed by atoms with Gasteiger partial charge in [-0.2, -0.15) is 0 Å². The van der Waals surface area contributed by atoms with E-state index in [1.54, 1.807) is 38.1 Å². The Morgan fingerprint density at radius 1 is 1.20 bits per heavy atom. The Bertz CT molecular complexity index is 591. The first-order valence-electron chi connectivity index (χ1n) is 6.40. The van der Waals surface area contributed by atoms with Gasteiger partial charge in [-0.15, -0.1) is 0 Å². The van der Waals surface area contributed by atoms with Crippen molar-refractivity contribution < 1.29 is 19.5 Å². The van der Waals surface area contributed by atoms with Crippen LogP contribution < -0.4 is 5.32 Å².